The Balaban J connectivity index is 1.92. The molecule has 1 aromatic heterocycles. The predicted molar refractivity (Wildman–Crippen MR) is 53.8 cm³/mol. The highest BCUT2D eigenvalue weighted by Gasteiger charge is 2.34. The van der Waals surface area contributed by atoms with Gasteiger partial charge in [-0.25, -0.2) is 4.98 Å². The second-order valence-corrected chi connectivity index (χ2v) is 4.55. The molecule has 1 aromatic rings. The molecule has 0 saturated heterocycles. The highest BCUT2D eigenvalue weighted by atomic mass is 16.4. The van der Waals surface area contributed by atoms with E-state index in [2.05, 4.69) is 9.55 Å². The minimum atomic E-state index is -0.698. The van der Waals surface area contributed by atoms with Crippen LogP contribution in [0.2, 0.25) is 0 Å². The van der Waals surface area contributed by atoms with Crippen LogP contribution < -0.4 is 0 Å². The average Bonchev–Trinajstić information content (AvgIpc) is 2.81. The number of hydrogen-bond donors (Lipinski definition) is 1. The van der Waals surface area contributed by atoms with E-state index in [1.165, 1.54) is 18.5 Å². The number of hydrogen-bond acceptors (Lipinski definition) is 2. The molecule has 1 fully saturated rings. The number of carboxylic acid groups (broad SMARTS) is 1. The van der Waals surface area contributed by atoms with E-state index < -0.39 is 5.97 Å². The van der Waals surface area contributed by atoms with Crippen LogP contribution in [0.3, 0.4) is 0 Å². The summed E-state index contributed by atoms with van der Waals surface area (Å²) < 4.78 is 2.22. The Hall–Kier alpha value is -1.32. The Labute approximate surface area is 87.9 Å². The van der Waals surface area contributed by atoms with Gasteiger partial charge in [0.15, 0.2) is 0 Å². The van der Waals surface area contributed by atoms with E-state index in [1.807, 2.05) is 6.33 Å². The van der Waals surface area contributed by atoms with E-state index >= 15 is 0 Å². The fraction of sp³-hybridized carbons (Fsp3) is 0.636. The summed E-state index contributed by atoms with van der Waals surface area (Å²) in [6, 6.07) is 0.607. The molecule has 4 nitrogen and oxygen atoms in total. The lowest BCUT2D eigenvalue weighted by atomic mass is 10.0. The highest BCUT2D eigenvalue weighted by Crippen LogP contribution is 2.42. The maximum absolute atomic E-state index is 10.8. The van der Waals surface area contributed by atoms with E-state index in [0.717, 1.165) is 18.5 Å². The number of fused-ring (bicyclic) bond motifs is 1. The number of carbonyl (C=O) groups is 1. The third kappa shape index (κ3) is 1.44. The Morgan fingerprint density at radius 2 is 2.33 bits per heavy atom. The Morgan fingerprint density at radius 3 is 3.00 bits per heavy atom. The van der Waals surface area contributed by atoms with Crippen LogP contribution in [-0.4, -0.2) is 20.6 Å². The maximum atomic E-state index is 10.8. The van der Waals surface area contributed by atoms with Gasteiger partial charge in [-0.2, -0.15) is 0 Å². The molecule has 0 aromatic carbocycles. The zero-order valence-electron chi connectivity index (χ0n) is 8.52. The van der Waals surface area contributed by atoms with E-state index in [9.17, 15) is 4.79 Å². The zero-order valence-corrected chi connectivity index (χ0v) is 8.52. The van der Waals surface area contributed by atoms with Gasteiger partial charge in [0.05, 0.1) is 18.4 Å². The van der Waals surface area contributed by atoms with Crippen molar-refractivity contribution in [2.24, 2.45) is 0 Å². The first-order chi connectivity index (χ1) is 7.25. The number of nitrogens with zero attached hydrogens (tertiary/aromatic N) is 2. The molecule has 1 heterocycles. The normalized spacial score (nSPS) is 24.1. The first-order valence-electron chi connectivity index (χ1n) is 5.53. The second-order valence-electron chi connectivity index (χ2n) is 4.55. The van der Waals surface area contributed by atoms with Crippen molar-refractivity contribution in [3.05, 3.63) is 17.7 Å². The summed E-state index contributed by atoms with van der Waals surface area (Å²) in [4.78, 5) is 15.1. The van der Waals surface area contributed by atoms with Crippen LogP contribution in [0.5, 0.6) is 0 Å². The summed E-state index contributed by atoms with van der Waals surface area (Å²) in [6.07, 6.45) is 6.51. The zero-order chi connectivity index (χ0) is 10.4. The lowest BCUT2D eigenvalue weighted by Gasteiger charge is -2.11. The van der Waals surface area contributed by atoms with Crippen LogP contribution in [0.4, 0.5) is 0 Å². The van der Waals surface area contributed by atoms with Gasteiger partial charge < -0.3 is 9.67 Å². The van der Waals surface area contributed by atoms with Crippen molar-refractivity contribution in [3.8, 4) is 0 Å². The van der Waals surface area contributed by atoms with E-state index in [-0.39, 0.29) is 12.3 Å². The fourth-order valence-electron chi connectivity index (χ4n) is 2.55. The summed E-state index contributed by atoms with van der Waals surface area (Å²) in [7, 11) is 0. The molecule has 0 aliphatic heterocycles. The van der Waals surface area contributed by atoms with Crippen LogP contribution in [-0.2, 0) is 11.2 Å². The molecule has 0 radical (unpaired) electrons. The van der Waals surface area contributed by atoms with E-state index in [0.29, 0.717) is 6.04 Å². The second kappa shape index (κ2) is 3.08. The Morgan fingerprint density at radius 1 is 1.53 bits per heavy atom. The Bertz CT molecular complexity index is 407. The van der Waals surface area contributed by atoms with E-state index in [1.54, 1.807) is 0 Å². The SMILES string of the molecule is O=C(O)CC1CCc2ncn(C3CC3)c21. The molecule has 0 bridgehead atoms. The molecule has 1 atom stereocenters. The van der Waals surface area contributed by atoms with Gasteiger partial charge in [0.1, 0.15) is 0 Å². The summed E-state index contributed by atoms with van der Waals surface area (Å²) >= 11 is 0. The molecule has 15 heavy (non-hydrogen) atoms. The predicted octanol–water partition coefficient (Wildman–Crippen LogP) is 1.72. The first-order valence-corrected chi connectivity index (χ1v) is 5.53. The molecule has 1 N–H and O–H groups in total. The van der Waals surface area contributed by atoms with Crippen molar-refractivity contribution >= 4 is 5.97 Å². The molecule has 0 amide bonds. The topological polar surface area (TPSA) is 55.1 Å². The lowest BCUT2D eigenvalue weighted by Crippen LogP contribution is -2.08. The molecule has 1 saturated carbocycles. The lowest BCUT2D eigenvalue weighted by molar-refractivity contribution is -0.137. The van der Waals surface area contributed by atoms with Gasteiger partial charge in [-0.15, -0.1) is 0 Å². The van der Waals surface area contributed by atoms with Gasteiger partial charge in [-0.1, -0.05) is 0 Å². The van der Waals surface area contributed by atoms with Gasteiger partial charge in [-0.05, 0) is 25.7 Å². The monoisotopic (exact) mass is 206 g/mol. The van der Waals surface area contributed by atoms with Crippen LogP contribution in [0.15, 0.2) is 6.33 Å². The Kier molecular flexibility index (Phi) is 1.84. The van der Waals surface area contributed by atoms with Gasteiger partial charge in [-0.3, -0.25) is 4.79 Å². The summed E-state index contributed by atoms with van der Waals surface area (Å²) in [5.41, 5.74) is 2.34. The van der Waals surface area contributed by atoms with Crippen LogP contribution in [0, 0.1) is 0 Å². The fourth-order valence-corrected chi connectivity index (χ4v) is 2.55. The number of imidazole rings is 1. The molecule has 2 aliphatic rings. The van der Waals surface area contributed by atoms with Crippen LogP contribution in [0.25, 0.3) is 0 Å². The van der Waals surface area contributed by atoms with Gasteiger partial charge in [0.2, 0.25) is 0 Å². The summed E-state index contributed by atoms with van der Waals surface area (Å²) in [5.74, 6) is -0.503. The van der Waals surface area contributed by atoms with Crippen molar-refractivity contribution in [2.75, 3.05) is 0 Å². The molecule has 0 spiro atoms. The average molecular weight is 206 g/mol. The third-order valence-corrected chi connectivity index (χ3v) is 3.39. The van der Waals surface area contributed by atoms with Crippen molar-refractivity contribution in [2.45, 2.75) is 44.1 Å². The summed E-state index contributed by atoms with van der Waals surface area (Å²) in [6.45, 7) is 0. The van der Waals surface area contributed by atoms with Crippen LogP contribution >= 0.6 is 0 Å². The summed E-state index contributed by atoms with van der Waals surface area (Å²) in [5, 5.41) is 8.85. The molecule has 2 aliphatic carbocycles. The molecule has 1 unspecified atom stereocenters. The van der Waals surface area contributed by atoms with Gasteiger partial charge >= 0.3 is 5.97 Å². The number of aliphatic carboxylic acids is 1. The van der Waals surface area contributed by atoms with Crippen molar-refractivity contribution < 1.29 is 9.90 Å². The number of rotatable bonds is 3. The molecule has 3 rings (SSSR count). The highest BCUT2D eigenvalue weighted by molar-refractivity contribution is 5.68. The minimum absolute atomic E-state index is 0.195. The van der Waals surface area contributed by atoms with Crippen molar-refractivity contribution in [1.29, 1.82) is 0 Å². The molecular weight excluding hydrogens is 192 g/mol. The number of aromatic nitrogens is 2. The van der Waals surface area contributed by atoms with Gasteiger partial charge in [0.25, 0.3) is 0 Å². The van der Waals surface area contributed by atoms with Crippen LogP contribution in [0.1, 0.15) is 49.0 Å². The van der Waals surface area contributed by atoms with Gasteiger partial charge in [0, 0.05) is 17.7 Å². The quantitative estimate of drug-likeness (QED) is 0.819. The minimum Gasteiger partial charge on any atom is -0.481 e. The van der Waals surface area contributed by atoms with E-state index in [4.69, 9.17) is 5.11 Å². The van der Waals surface area contributed by atoms with Crippen molar-refractivity contribution in [1.82, 2.24) is 9.55 Å². The molecule has 4 heteroatoms. The largest absolute Gasteiger partial charge is 0.481 e. The standard InChI is InChI=1S/C11H14N2O2/c14-10(15)5-7-1-4-9-11(7)13(6-12-9)8-2-3-8/h6-8H,1-5H2,(H,14,15). The van der Waals surface area contributed by atoms with Crippen molar-refractivity contribution in [3.63, 3.8) is 0 Å². The molecular formula is C11H14N2O2. The third-order valence-electron chi connectivity index (χ3n) is 3.39. The smallest absolute Gasteiger partial charge is 0.304 e. The maximum Gasteiger partial charge on any atom is 0.304 e. The molecule has 80 valence electrons. The first kappa shape index (κ1) is 8.95. The number of carboxylic acids is 1. The number of aryl methyl sites for hydroxylation is 1.